The second-order valence-corrected chi connectivity index (χ2v) is 5.81. The molecule has 0 N–H and O–H groups in total. The molecule has 0 aliphatic heterocycles. The third-order valence-electron chi connectivity index (χ3n) is 3.84. The smallest absolute Gasteiger partial charge is 0.203 e. The Hall–Kier alpha value is -1.17. The van der Waals surface area contributed by atoms with Gasteiger partial charge in [0, 0.05) is 30.3 Å². The van der Waals surface area contributed by atoms with Crippen LogP contribution in [0.4, 0.5) is 5.82 Å². The summed E-state index contributed by atoms with van der Waals surface area (Å²) in [6.45, 7) is 2.93. The lowest BCUT2D eigenvalue weighted by Gasteiger charge is -2.29. The van der Waals surface area contributed by atoms with Crippen LogP contribution >= 0.6 is 15.9 Å². The van der Waals surface area contributed by atoms with Crippen molar-refractivity contribution in [3.63, 3.8) is 0 Å². The van der Waals surface area contributed by atoms with Crippen LogP contribution in [-0.2, 0) is 0 Å². The van der Waals surface area contributed by atoms with E-state index in [1.54, 1.807) is 0 Å². The molecule has 0 aromatic carbocycles. The molecule has 0 bridgehead atoms. The van der Waals surface area contributed by atoms with Gasteiger partial charge in [-0.15, -0.1) is 10.2 Å². The number of aryl methyl sites for hydroxylation is 1. The quantitative estimate of drug-likeness (QED) is 0.811. The Balaban J connectivity index is 2.03. The summed E-state index contributed by atoms with van der Waals surface area (Å²) >= 11 is 3.55. The number of hydrogen-bond acceptors (Lipinski definition) is 4. The summed E-state index contributed by atoms with van der Waals surface area (Å²) in [7, 11) is 0. The summed E-state index contributed by atoms with van der Waals surface area (Å²) < 4.78 is 2.01. The van der Waals surface area contributed by atoms with E-state index in [4.69, 9.17) is 0 Å². The molecule has 0 atom stereocenters. The number of halogens is 1. The first-order valence-corrected chi connectivity index (χ1v) is 7.92. The molecule has 2 heterocycles. The van der Waals surface area contributed by atoms with Crippen molar-refractivity contribution in [1.29, 1.82) is 0 Å². The van der Waals surface area contributed by atoms with Gasteiger partial charge in [-0.1, -0.05) is 28.8 Å². The summed E-state index contributed by atoms with van der Waals surface area (Å²) in [6, 6.07) is 0.591. The number of hydrogen-bond donors (Lipinski definition) is 0. The molecular formula is C13H18BrN5. The van der Waals surface area contributed by atoms with Gasteiger partial charge in [-0.3, -0.25) is 4.40 Å². The van der Waals surface area contributed by atoms with Crippen molar-refractivity contribution in [2.45, 2.75) is 38.6 Å². The molecule has 1 aliphatic carbocycles. The number of anilines is 1. The SMILES string of the molecule is Cc1nnc2c(N(CCBr)C3CCCC3)nccn12. The lowest BCUT2D eigenvalue weighted by Crippen LogP contribution is -2.36. The number of alkyl halides is 1. The van der Waals surface area contributed by atoms with E-state index in [0.29, 0.717) is 6.04 Å². The van der Waals surface area contributed by atoms with Gasteiger partial charge in [0.05, 0.1) is 0 Å². The maximum Gasteiger partial charge on any atom is 0.203 e. The summed E-state index contributed by atoms with van der Waals surface area (Å²) in [5, 5.41) is 9.39. The highest BCUT2D eigenvalue weighted by Crippen LogP contribution is 2.29. The molecule has 2 aromatic rings. The van der Waals surface area contributed by atoms with Crippen molar-refractivity contribution in [3.8, 4) is 0 Å². The third kappa shape index (κ3) is 2.33. The first-order chi connectivity index (χ1) is 9.31. The molecule has 0 radical (unpaired) electrons. The Kier molecular flexibility index (Phi) is 3.68. The van der Waals surface area contributed by atoms with Gasteiger partial charge in [0.25, 0.3) is 0 Å². The Morgan fingerprint density at radius 3 is 2.89 bits per heavy atom. The van der Waals surface area contributed by atoms with Gasteiger partial charge in [-0.05, 0) is 19.8 Å². The van der Waals surface area contributed by atoms with E-state index in [2.05, 4.69) is 36.0 Å². The number of rotatable bonds is 4. The van der Waals surface area contributed by atoms with Crippen molar-refractivity contribution in [3.05, 3.63) is 18.2 Å². The summed E-state index contributed by atoms with van der Waals surface area (Å²) in [5.74, 6) is 1.87. The molecule has 3 rings (SSSR count). The van der Waals surface area contributed by atoms with Crippen LogP contribution in [0, 0.1) is 6.92 Å². The van der Waals surface area contributed by atoms with Gasteiger partial charge in [0.15, 0.2) is 5.82 Å². The van der Waals surface area contributed by atoms with Gasteiger partial charge < -0.3 is 4.90 Å². The van der Waals surface area contributed by atoms with E-state index in [-0.39, 0.29) is 0 Å². The Morgan fingerprint density at radius 2 is 2.16 bits per heavy atom. The fourth-order valence-electron chi connectivity index (χ4n) is 2.90. The maximum absolute atomic E-state index is 4.57. The molecule has 1 saturated carbocycles. The maximum atomic E-state index is 4.57. The average Bonchev–Trinajstić information content (AvgIpc) is 3.06. The lowest BCUT2D eigenvalue weighted by atomic mass is 10.2. The highest BCUT2D eigenvalue weighted by Gasteiger charge is 2.25. The summed E-state index contributed by atoms with van der Waals surface area (Å²) in [5.41, 5.74) is 0.868. The molecule has 1 aliphatic rings. The van der Waals surface area contributed by atoms with Crippen molar-refractivity contribution < 1.29 is 0 Å². The Bertz CT molecular complexity index is 561. The molecule has 1 fully saturated rings. The standard InChI is InChI=1S/C13H18BrN5/c1-10-16-17-13-12(15-7-9-18(10)13)19(8-6-14)11-4-2-3-5-11/h7,9,11H,2-6,8H2,1H3. The first-order valence-electron chi connectivity index (χ1n) is 6.80. The molecule has 5 nitrogen and oxygen atoms in total. The predicted molar refractivity (Wildman–Crippen MR) is 78.9 cm³/mol. The second-order valence-electron chi connectivity index (χ2n) is 5.01. The minimum absolute atomic E-state index is 0.591. The van der Waals surface area contributed by atoms with Crippen LogP contribution in [0.25, 0.3) is 5.65 Å². The van der Waals surface area contributed by atoms with Gasteiger partial charge >= 0.3 is 0 Å². The first kappa shape index (κ1) is 12.8. The highest BCUT2D eigenvalue weighted by atomic mass is 79.9. The summed E-state index contributed by atoms with van der Waals surface area (Å²) in [4.78, 5) is 6.96. The molecule has 2 aromatic heterocycles. The van der Waals surface area contributed by atoms with Crippen LogP contribution in [0.15, 0.2) is 12.4 Å². The molecule has 0 unspecified atom stereocenters. The molecule has 0 spiro atoms. The van der Waals surface area contributed by atoms with Gasteiger partial charge in [-0.2, -0.15) is 0 Å². The van der Waals surface area contributed by atoms with Gasteiger partial charge in [0.2, 0.25) is 5.65 Å². The number of aromatic nitrogens is 4. The van der Waals surface area contributed by atoms with Crippen LogP contribution in [0.2, 0.25) is 0 Å². The van der Waals surface area contributed by atoms with Crippen molar-refractivity contribution >= 4 is 27.4 Å². The highest BCUT2D eigenvalue weighted by molar-refractivity contribution is 9.09. The Labute approximate surface area is 121 Å². The largest absolute Gasteiger partial charge is 0.350 e. The fraction of sp³-hybridized carbons (Fsp3) is 0.615. The predicted octanol–water partition coefficient (Wildman–Crippen LogP) is 2.58. The van der Waals surface area contributed by atoms with Crippen LogP contribution in [0.1, 0.15) is 31.5 Å². The lowest BCUT2D eigenvalue weighted by molar-refractivity contribution is 0.616. The van der Waals surface area contributed by atoms with Gasteiger partial charge in [-0.25, -0.2) is 4.98 Å². The van der Waals surface area contributed by atoms with Crippen LogP contribution in [-0.4, -0.2) is 37.5 Å². The molecule has 19 heavy (non-hydrogen) atoms. The second kappa shape index (κ2) is 5.45. The van der Waals surface area contributed by atoms with Crippen molar-refractivity contribution in [2.24, 2.45) is 0 Å². The molecule has 6 heteroatoms. The average molecular weight is 324 g/mol. The van der Waals surface area contributed by atoms with E-state index in [0.717, 1.165) is 29.2 Å². The third-order valence-corrected chi connectivity index (χ3v) is 4.20. The summed E-state index contributed by atoms with van der Waals surface area (Å²) in [6.07, 6.45) is 8.91. The van der Waals surface area contributed by atoms with E-state index < -0.39 is 0 Å². The zero-order valence-electron chi connectivity index (χ0n) is 11.1. The van der Waals surface area contributed by atoms with Crippen molar-refractivity contribution in [2.75, 3.05) is 16.8 Å². The number of fused-ring (bicyclic) bond motifs is 1. The van der Waals surface area contributed by atoms with E-state index in [9.17, 15) is 0 Å². The zero-order chi connectivity index (χ0) is 13.2. The van der Waals surface area contributed by atoms with Crippen LogP contribution in [0.5, 0.6) is 0 Å². The Morgan fingerprint density at radius 1 is 1.37 bits per heavy atom. The fourth-order valence-corrected chi connectivity index (χ4v) is 3.28. The van der Waals surface area contributed by atoms with E-state index >= 15 is 0 Å². The molecule has 0 amide bonds. The zero-order valence-corrected chi connectivity index (χ0v) is 12.7. The van der Waals surface area contributed by atoms with E-state index in [1.165, 1.54) is 25.7 Å². The number of nitrogens with zero attached hydrogens (tertiary/aromatic N) is 5. The van der Waals surface area contributed by atoms with Crippen LogP contribution in [0.3, 0.4) is 0 Å². The minimum atomic E-state index is 0.591. The molecule has 0 saturated heterocycles. The molecule has 102 valence electrons. The molecular weight excluding hydrogens is 306 g/mol. The van der Waals surface area contributed by atoms with Crippen LogP contribution < -0.4 is 4.90 Å². The normalized spacial score (nSPS) is 16.3. The van der Waals surface area contributed by atoms with Crippen molar-refractivity contribution in [1.82, 2.24) is 19.6 Å². The monoisotopic (exact) mass is 323 g/mol. The topological polar surface area (TPSA) is 46.3 Å². The minimum Gasteiger partial charge on any atom is -0.350 e. The van der Waals surface area contributed by atoms with Gasteiger partial charge in [0.1, 0.15) is 5.82 Å². The van der Waals surface area contributed by atoms with E-state index in [1.807, 2.05) is 23.7 Å².